The molecule has 1 atom stereocenters. The highest BCUT2D eigenvalue weighted by atomic mass is 31.2. The molecule has 2 rings (SSSR count). The molecule has 6 heteroatoms. The molecule has 0 heterocycles. The summed E-state index contributed by atoms with van der Waals surface area (Å²) < 4.78 is 15.7. The molecular weight excluding hydrogens is 315 g/mol. The van der Waals surface area contributed by atoms with Crippen molar-refractivity contribution in [3.8, 4) is 22.6 Å². The second kappa shape index (κ2) is 8.85. The van der Waals surface area contributed by atoms with E-state index in [1.54, 1.807) is 19.2 Å². The van der Waals surface area contributed by atoms with Gasteiger partial charge < -0.3 is 23.8 Å². The highest BCUT2D eigenvalue weighted by molar-refractivity contribution is 7.39. The van der Waals surface area contributed by atoms with Crippen molar-refractivity contribution in [3.63, 3.8) is 0 Å². The second-order valence-corrected chi connectivity index (χ2v) is 5.76. The predicted molar refractivity (Wildman–Crippen MR) is 90.4 cm³/mol. The maximum Gasteiger partial charge on any atom is 0.391 e. The first-order chi connectivity index (χ1) is 11.1. The molecule has 0 amide bonds. The Labute approximate surface area is 137 Å². The highest BCUT2D eigenvalue weighted by Gasteiger charge is 2.04. The molecule has 0 aliphatic heterocycles. The van der Waals surface area contributed by atoms with Gasteiger partial charge in [-0.2, -0.15) is 0 Å². The maximum atomic E-state index is 8.82. The lowest BCUT2D eigenvalue weighted by molar-refractivity contribution is 0.0956. The molecule has 2 N–H and O–H groups in total. The number of hydrogen-bond acceptors (Lipinski definition) is 5. The number of ether oxygens (including phenoxy) is 2. The predicted octanol–water partition coefficient (Wildman–Crippen LogP) is 3.75. The first-order valence-electron chi connectivity index (χ1n) is 7.30. The molecule has 0 bridgehead atoms. The molecule has 1 unspecified atom stereocenters. The number of benzene rings is 2. The van der Waals surface area contributed by atoms with Crippen molar-refractivity contribution in [3.05, 3.63) is 48.5 Å². The standard InChI is InChI=1S/C17H21O5P/c1-13(20-2)11-12-21-16-7-3-14(4-8-16)15-5-9-17(10-6-15)22-23(18)19/h3-10,13,18-19H,11-12H2,1-2H3. The van der Waals surface area contributed by atoms with Gasteiger partial charge in [-0.15, -0.1) is 0 Å². The Balaban J connectivity index is 1.93. The van der Waals surface area contributed by atoms with Crippen molar-refractivity contribution in [1.82, 2.24) is 0 Å². The van der Waals surface area contributed by atoms with Crippen LogP contribution in [0.15, 0.2) is 48.5 Å². The van der Waals surface area contributed by atoms with Crippen LogP contribution in [0.4, 0.5) is 0 Å². The fraction of sp³-hybridized carbons (Fsp3) is 0.294. The summed E-state index contributed by atoms with van der Waals surface area (Å²) in [6.45, 7) is 2.63. The minimum absolute atomic E-state index is 0.189. The third-order valence-corrected chi connectivity index (χ3v) is 3.80. The molecule has 0 saturated heterocycles. The van der Waals surface area contributed by atoms with Crippen molar-refractivity contribution in [1.29, 1.82) is 0 Å². The van der Waals surface area contributed by atoms with E-state index in [4.69, 9.17) is 23.8 Å². The third-order valence-electron chi connectivity index (χ3n) is 3.42. The first-order valence-corrected chi connectivity index (χ1v) is 8.47. The molecule has 124 valence electrons. The maximum absolute atomic E-state index is 8.82. The van der Waals surface area contributed by atoms with Gasteiger partial charge in [0.1, 0.15) is 11.5 Å². The Kier molecular flexibility index (Phi) is 6.81. The summed E-state index contributed by atoms with van der Waals surface area (Å²) in [5, 5.41) is 0. The van der Waals surface area contributed by atoms with Gasteiger partial charge in [-0.1, -0.05) is 24.3 Å². The summed E-state index contributed by atoms with van der Waals surface area (Å²) in [7, 11) is -0.690. The molecule has 0 aromatic heterocycles. The smallest absolute Gasteiger partial charge is 0.391 e. The molecule has 0 saturated carbocycles. The van der Waals surface area contributed by atoms with Crippen molar-refractivity contribution in [2.45, 2.75) is 19.4 Å². The molecule has 0 aliphatic rings. The van der Waals surface area contributed by atoms with Gasteiger partial charge in [-0.25, -0.2) is 0 Å². The minimum Gasteiger partial charge on any atom is -0.493 e. The van der Waals surface area contributed by atoms with E-state index in [2.05, 4.69) is 0 Å². The van der Waals surface area contributed by atoms with E-state index in [1.807, 2.05) is 43.3 Å². The van der Waals surface area contributed by atoms with E-state index in [1.165, 1.54) is 0 Å². The van der Waals surface area contributed by atoms with Crippen molar-refractivity contribution in [2.75, 3.05) is 13.7 Å². The molecule has 0 spiro atoms. The van der Waals surface area contributed by atoms with E-state index in [9.17, 15) is 0 Å². The third kappa shape index (κ3) is 5.81. The fourth-order valence-electron chi connectivity index (χ4n) is 2.01. The van der Waals surface area contributed by atoms with Crippen LogP contribution < -0.4 is 9.26 Å². The minimum atomic E-state index is -2.38. The molecule has 2 aromatic carbocycles. The summed E-state index contributed by atoms with van der Waals surface area (Å²) >= 11 is 0. The van der Waals surface area contributed by atoms with Crippen LogP contribution in [0.25, 0.3) is 11.1 Å². The van der Waals surface area contributed by atoms with Gasteiger partial charge in [0, 0.05) is 13.5 Å². The zero-order valence-electron chi connectivity index (χ0n) is 13.2. The van der Waals surface area contributed by atoms with Crippen LogP contribution in [0.3, 0.4) is 0 Å². The van der Waals surface area contributed by atoms with Crippen LogP contribution in [0.2, 0.25) is 0 Å². The Morgan fingerprint density at radius 3 is 1.91 bits per heavy atom. The van der Waals surface area contributed by atoms with Crippen LogP contribution in [-0.2, 0) is 4.74 Å². The SMILES string of the molecule is COC(C)CCOc1ccc(-c2ccc(OP(O)O)cc2)cc1. The first kappa shape index (κ1) is 17.7. The molecule has 2 aromatic rings. The van der Waals surface area contributed by atoms with Crippen molar-refractivity contribution < 1.29 is 23.8 Å². The molecule has 0 aliphatic carbocycles. The lowest BCUT2D eigenvalue weighted by atomic mass is 10.1. The van der Waals surface area contributed by atoms with E-state index in [0.717, 1.165) is 23.3 Å². The van der Waals surface area contributed by atoms with Gasteiger partial charge in [-0.05, 0) is 42.3 Å². The van der Waals surface area contributed by atoms with E-state index >= 15 is 0 Å². The largest absolute Gasteiger partial charge is 0.493 e. The Hall–Kier alpha value is -1.65. The van der Waals surface area contributed by atoms with Gasteiger partial charge in [0.25, 0.3) is 0 Å². The number of rotatable bonds is 8. The average molecular weight is 336 g/mol. The van der Waals surface area contributed by atoms with Gasteiger partial charge >= 0.3 is 8.60 Å². The van der Waals surface area contributed by atoms with Crippen LogP contribution in [-0.4, -0.2) is 29.6 Å². The Bertz CT molecular complexity index is 583. The lowest BCUT2D eigenvalue weighted by Crippen LogP contribution is -2.10. The molecular formula is C17H21O5P. The van der Waals surface area contributed by atoms with Gasteiger partial charge in [0.05, 0.1) is 12.7 Å². The summed E-state index contributed by atoms with van der Waals surface area (Å²) in [4.78, 5) is 17.6. The molecule has 0 fully saturated rings. The topological polar surface area (TPSA) is 68.2 Å². The van der Waals surface area contributed by atoms with Crippen molar-refractivity contribution in [2.24, 2.45) is 0 Å². The molecule has 23 heavy (non-hydrogen) atoms. The zero-order valence-corrected chi connectivity index (χ0v) is 14.1. The average Bonchev–Trinajstić information content (AvgIpc) is 2.55. The summed E-state index contributed by atoms with van der Waals surface area (Å²) in [6, 6.07) is 15.0. The van der Waals surface area contributed by atoms with Crippen LogP contribution in [0.1, 0.15) is 13.3 Å². The summed E-state index contributed by atoms with van der Waals surface area (Å²) in [5.74, 6) is 1.25. The molecule has 0 radical (unpaired) electrons. The quantitative estimate of drug-likeness (QED) is 0.719. The van der Waals surface area contributed by atoms with Gasteiger partial charge in [0.2, 0.25) is 0 Å². The van der Waals surface area contributed by atoms with Crippen LogP contribution >= 0.6 is 8.60 Å². The van der Waals surface area contributed by atoms with Gasteiger partial charge in [0.15, 0.2) is 0 Å². The van der Waals surface area contributed by atoms with E-state index in [0.29, 0.717) is 12.4 Å². The molecule has 5 nitrogen and oxygen atoms in total. The summed E-state index contributed by atoms with van der Waals surface area (Å²) in [6.07, 6.45) is 1.03. The number of hydrogen-bond donors (Lipinski definition) is 2. The number of methoxy groups -OCH3 is 1. The van der Waals surface area contributed by atoms with Crippen LogP contribution in [0, 0.1) is 0 Å². The Morgan fingerprint density at radius 1 is 0.913 bits per heavy atom. The van der Waals surface area contributed by atoms with Gasteiger partial charge in [-0.3, -0.25) is 0 Å². The highest BCUT2D eigenvalue weighted by Crippen LogP contribution is 2.31. The monoisotopic (exact) mass is 336 g/mol. The van der Waals surface area contributed by atoms with Crippen LogP contribution in [0.5, 0.6) is 11.5 Å². The van der Waals surface area contributed by atoms with E-state index in [-0.39, 0.29) is 6.10 Å². The summed E-state index contributed by atoms with van der Waals surface area (Å²) in [5.41, 5.74) is 2.06. The Morgan fingerprint density at radius 2 is 1.43 bits per heavy atom. The lowest BCUT2D eigenvalue weighted by Gasteiger charge is -2.11. The fourth-order valence-corrected chi connectivity index (χ4v) is 2.32. The second-order valence-electron chi connectivity index (χ2n) is 5.08. The van der Waals surface area contributed by atoms with E-state index < -0.39 is 8.60 Å². The zero-order chi connectivity index (χ0) is 16.7. The normalized spacial score (nSPS) is 12.2. The van der Waals surface area contributed by atoms with Crippen molar-refractivity contribution >= 4 is 8.60 Å².